The highest BCUT2D eigenvalue weighted by molar-refractivity contribution is 8.02. The molecule has 3 atom stereocenters. The van der Waals surface area contributed by atoms with Crippen LogP contribution in [-0.2, 0) is 4.79 Å². The summed E-state index contributed by atoms with van der Waals surface area (Å²) in [4.78, 5) is 13.3. The smallest absolute Gasteiger partial charge is 0.510 e. The van der Waals surface area contributed by atoms with Gasteiger partial charge in [0.1, 0.15) is 16.0 Å². The Morgan fingerprint density at radius 1 is 1.31 bits per heavy atom. The van der Waals surface area contributed by atoms with Gasteiger partial charge in [0, 0.05) is 28.6 Å². The number of anilines is 1. The standard InChI is InChI=1S/C21H19BF5N3O5S/c1-20(21(25,26)27)7-12(11-3-4-13(23)15(24)17(11)34-2)18(36-20)19(31)29-10-5-9-8-28-30-16(9)14(6-10)35-22(32)33/h3-6,8,12,18,32-33H,7H2,1-2H3,(H,28,30)(H,29,31). The minimum atomic E-state index is -4.70. The van der Waals surface area contributed by atoms with Crippen LogP contribution in [0.2, 0.25) is 0 Å². The van der Waals surface area contributed by atoms with Gasteiger partial charge in [0.15, 0.2) is 11.6 Å². The number of carbonyl (C=O) groups is 1. The molecule has 4 N–H and O–H groups in total. The van der Waals surface area contributed by atoms with Gasteiger partial charge in [0.25, 0.3) is 0 Å². The van der Waals surface area contributed by atoms with Gasteiger partial charge >= 0.3 is 13.5 Å². The van der Waals surface area contributed by atoms with Crippen LogP contribution in [0.15, 0.2) is 30.5 Å². The maximum absolute atomic E-state index is 14.4. The Kier molecular flexibility index (Phi) is 6.83. The Morgan fingerprint density at radius 3 is 2.67 bits per heavy atom. The van der Waals surface area contributed by atoms with Crippen LogP contribution >= 0.6 is 11.8 Å². The number of methoxy groups -OCH3 is 1. The first kappa shape index (κ1) is 26.0. The third-order valence-electron chi connectivity index (χ3n) is 5.92. The SMILES string of the molecule is COc1c(C2CC(C)(C(F)(F)F)SC2C(=O)Nc2cc(OB(O)O)c3[nH]ncc3c2)ccc(F)c1F. The Balaban J connectivity index is 1.72. The van der Waals surface area contributed by atoms with E-state index >= 15 is 0 Å². The molecule has 1 aliphatic heterocycles. The maximum atomic E-state index is 14.4. The molecule has 1 aliphatic rings. The van der Waals surface area contributed by atoms with E-state index in [1.54, 1.807) is 0 Å². The topological polar surface area (TPSA) is 117 Å². The number of H-pyrrole nitrogens is 1. The van der Waals surface area contributed by atoms with E-state index in [0.29, 0.717) is 17.1 Å². The predicted octanol–water partition coefficient (Wildman–Crippen LogP) is 3.75. The number of hydrogen-bond acceptors (Lipinski definition) is 7. The number of rotatable bonds is 6. The van der Waals surface area contributed by atoms with Gasteiger partial charge in [0.2, 0.25) is 11.7 Å². The fraction of sp³-hybridized carbons (Fsp3) is 0.333. The summed E-state index contributed by atoms with van der Waals surface area (Å²) in [5.74, 6) is -5.30. The monoisotopic (exact) mass is 531 g/mol. The van der Waals surface area contributed by atoms with E-state index in [9.17, 15) is 26.7 Å². The summed E-state index contributed by atoms with van der Waals surface area (Å²) in [6, 6.07) is 4.56. The second-order valence-electron chi connectivity index (χ2n) is 8.30. The lowest BCUT2D eigenvalue weighted by Gasteiger charge is -2.26. The van der Waals surface area contributed by atoms with Gasteiger partial charge in [0.05, 0.1) is 18.6 Å². The molecule has 8 nitrogen and oxygen atoms in total. The van der Waals surface area contributed by atoms with Crippen molar-refractivity contribution in [1.29, 1.82) is 0 Å². The summed E-state index contributed by atoms with van der Waals surface area (Å²) in [6.07, 6.45) is -3.93. The molecule has 1 amide bonds. The summed E-state index contributed by atoms with van der Waals surface area (Å²) in [7, 11) is -1.14. The van der Waals surface area contributed by atoms with Gasteiger partial charge in [-0.3, -0.25) is 9.89 Å². The maximum Gasteiger partial charge on any atom is 0.707 e. The number of nitrogens with one attached hydrogen (secondary N) is 2. The van der Waals surface area contributed by atoms with Crippen molar-refractivity contribution < 1.29 is 46.2 Å². The van der Waals surface area contributed by atoms with Crippen molar-refractivity contribution in [2.24, 2.45) is 0 Å². The summed E-state index contributed by atoms with van der Waals surface area (Å²) in [5.41, 5.74) is 0.280. The van der Waals surface area contributed by atoms with Crippen molar-refractivity contribution >= 4 is 41.6 Å². The first-order valence-electron chi connectivity index (χ1n) is 10.4. The third-order valence-corrected chi connectivity index (χ3v) is 7.63. The lowest BCUT2D eigenvalue weighted by molar-refractivity contribution is -0.155. The van der Waals surface area contributed by atoms with Crippen molar-refractivity contribution in [3.05, 3.63) is 47.7 Å². The fourth-order valence-corrected chi connectivity index (χ4v) is 5.74. The number of aromatic amines is 1. The lowest BCUT2D eigenvalue weighted by Crippen LogP contribution is -2.37. The zero-order chi connectivity index (χ0) is 26.4. The van der Waals surface area contributed by atoms with Crippen LogP contribution in [0.1, 0.15) is 24.8 Å². The van der Waals surface area contributed by atoms with Gasteiger partial charge in [-0.25, -0.2) is 4.39 Å². The van der Waals surface area contributed by atoms with E-state index < -0.39 is 59.1 Å². The molecule has 1 saturated heterocycles. The molecule has 1 aromatic heterocycles. The molecule has 2 aromatic carbocycles. The zero-order valence-electron chi connectivity index (χ0n) is 18.7. The minimum absolute atomic E-state index is 0.0711. The largest absolute Gasteiger partial charge is 0.707 e. The van der Waals surface area contributed by atoms with E-state index in [1.807, 2.05) is 0 Å². The Hall–Kier alpha value is -3.04. The van der Waals surface area contributed by atoms with Crippen LogP contribution in [0.4, 0.5) is 27.6 Å². The average Bonchev–Trinajstić information content (AvgIpc) is 3.40. The van der Waals surface area contributed by atoms with Crippen molar-refractivity contribution in [2.45, 2.75) is 35.4 Å². The number of amides is 1. The van der Waals surface area contributed by atoms with E-state index in [4.69, 9.17) is 19.4 Å². The van der Waals surface area contributed by atoms with Gasteiger partial charge in [-0.1, -0.05) is 6.07 Å². The quantitative estimate of drug-likeness (QED) is 0.283. The highest BCUT2D eigenvalue weighted by Crippen LogP contribution is 2.59. The van der Waals surface area contributed by atoms with E-state index in [-0.39, 0.29) is 22.5 Å². The zero-order valence-corrected chi connectivity index (χ0v) is 19.5. The Labute approximate surface area is 205 Å². The predicted molar refractivity (Wildman–Crippen MR) is 122 cm³/mol. The molecule has 0 aliphatic carbocycles. The van der Waals surface area contributed by atoms with Crippen LogP contribution in [0.3, 0.4) is 0 Å². The molecular weight excluding hydrogens is 512 g/mol. The summed E-state index contributed by atoms with van der Waals surface area (Å²) < 4.78 is 77.5. The Morgan fingerprint density at radius 2 is 2.03 bits per heavy atom. The average molecular weight is 531 g/mol. The van der Waals surface area contributed by atoms with E-state index in [0.717, 1.165) is 26.2 Å². The fourth-order valence-electron chi connectivity index (χ4n) is 4.19. The molecule has 2 heterocycles. The number of benzene rings is 2. The van der Waals surface area contributed by atoms with E-state index in [2.05, 4.69) is 15.5 Å². The minimum Gasteiger partial charge on any atom is -0.510 e. The molecule has 36 heavy (non-hydrogen) atoms. The van der Waals surface area contributed by atoms with Crippen molar-refractivity contribution in [3.63, 3.8) is 0 Å². The normalized spacial score (nSPS) is 22.0. The highest BCUT2D eigenvalue weighted by atomic mass is 32.2. The highest BCUT2D eigenvalue weighted by Gasteiger charge is 2.60. The van der Waals surface area contributed by atoms with Crippen molar-refractivity contribution in [3.8, 4) is 11.5 Å². The number of carbonyl (C=O) groups excluding carboxylic acids is 1. The summed E-state index contributed by atoms with van der Waals surface area (Å²) in [6.45, 7) is 0.941. The number of fused-ring (bicyclic) bond motifs is 1. The molecule has 3 unspecified atom stereocenters. The van der Waals surface area contributed by atoms with E-state index in [1.165, 1.54) is 18.3 Å². The van der Waals surface area contributed by atoms with Gasteiger partial charge in [-0.05, 0) is 25.5 Å². The molecule has 15 heteroatoms. The summed E-state index contributed by atoms with van der Waals surface area (Å²) in [5, 5.41) is 26.3. The van der Waals surface area contributed by atoms with Crippen molar-refractivity contribution in [2.75, 3.05) is 12.4 Å². The molecule has 0 saturated carbocycles. The second-order valence-corrected chi connectivity index (χ2v) is 9.95. The third kappa shape index (κ3) is 4.69. The number of aromatic nitrogens is 2. The molecule has 4 rings (SSSR count). The number of alkyl halides is 3. The number of thioether (sulfide) groups is 1. The molecule has 0 bridgehead atoms. The summed E-state index contributed by atoms with van der Waals surface area (Å²) >= 11 is 0.361. The van der Waals surface area contributed by atoms with Crippen LogP contribution < -0.4 is 14.7 Å². The Bertz CT molecular complexity index is 1310. The second kappa shape index (κ2) is 9.44. The molecule has 192 valence electrons. The van der Waals surface area contributed by atoms with Gasteiger partial charge in [-0.2, -0.15) is 22.7 Å². The van der Waals surface area contributed by atoms with Crippen LogP contribution in [0.25, 0.3) is 10.9 Å². The molecule has 3 aromatic rings. The van der Waals surface area contributed by atoms with Crippen LogP contribution in [-0.4, -0.2) is 56.8 Å². The van der Waals surface area contributed by atoms with Crippen LogP contribution in [0, 0.1) is 11.6 Å². The number of ether oxygens (including phenoxy) is 1. The molecule has 0 radical (unpaired) electrons. The first-order valence-corrected chi connectivity index (χ1v) is 11.3. The first-order chi connectivity index (χ1) is 16.8. The number of hydrogen-bond donors (Lipinski definition) is 4. The van der Waals surface area contributed by atoms with Gasteiger partial charge < -0.3 is 24.8 Å². The molecule has 1 fully saturated rings. The number of halogens is 5. The lowest BCUT2D eigenvalue weighted by atomic mass is 9.85. The number of nitrogens with zero attached hydrogens (tertiary/aromatic N) is 1. The van der Waals surface area contributed by atoms with Crippen LogP contribution in [0.5, 0.6) is 11.5 Å². The van der Waals surface area contributed by atoms with Crippen molar-refractivity contribution in [1.82, 2.24) is 10.2 Å². The molecule has 0 spiro atoms. The van der Waals surface area contributed by atoms with Gasteiger partial charge in [-0.15, -0.1) is 11.8 Å². The molecular formula is C21H19BF5N3O5S.